The molecule has 0 aliphatic rings. The van der Waals surface area contributed by atoms with Crippen molar-refractivity contribution in [1.82, 2.24) is 0 Å². The van der Waals surface area contributed by atoms with Gasteiger partial charge in [-0.1, -0.05) is 64.7 Å². The van der Waals surface area contributed by atoms with E-state index in [2.05, 4.69) is 6.92 Å². The lowest BCUT2D eigenvalue weighted by molar-refractivity contribution is -0.384. The number of benzene rings is 1. The molecule has 0 fully saturated rings. The highest BCUT2D eigenvalue weighted by atomic mass is 16.6. The molecule has 0 radical (unpaired) electrons. The molecule has 0 aliphatic carbocycles. The first kappa shape index (κ1) is 51.0. The molecule has 0 saturated carbocycles. The van der Waals surface area contributed by atoms with E-state index in [0.29, 0.717) is 151 Å². The lowest BCUT2D eigenvalue weighted by atomic mass is 10.1. The Morgan fingerprint density at radius 1 is 0.364 bits per heavy atom. The number of nitrogens with zero attached hydrogens (tertiary/aromatic N) is 1. The largest absolute Gasteiger partial charge is 0.491 e. The predicted octanol–water partition coefficient (Wildman–Crippen LogP) is 6.08. The number of hydrogen-bond donors (Lipinski definition) is 0. The summed E-state index contributed by atoms with van der Waals surface area (Å²) < 4.78 is 66.1. The summed E-state index contributed by atoms with van der Waals surface area (Å²) in [7, 11) is 0. The molecule has 55 heavy (non-hydrogen) atoms. The molecule has 0 N–H and O–H groups in total. The van der Waals surface area contributed by atoms with Gasteiger partial charge in [0.15, 0.2) is 0 Å². The van der Waals surface area contributed by atoms with E-state index in [4.69, 9.17) is 56.8 Å². The molecule has 0 aromatic heterocycles. The minimum Gasteiger partial charge on any atom is -0.491 e. The van der Waals surface area contributed by atoms with Crippen LogP contribution in [0.25, 0.3) is 0 Å². The van der Waals surface area contributed by atoms with Crippen molar-refractivity contribution in [2.75, 3.05) is 152 Å². The topological polar surface area (TPSA) is 154 Å². The highest BCUT2D eigenvalue weighted by Crippen LogP contribution is 2.17. The summed E-state index contributed by atoms with van der Waals surface area (Å²) in [5.41, 5.74) is 0.0268. The maximum absolute atomic E-state index is 10.7. The number of ether oxygens (including phenoxy) is 12. The second kappa shape index (κ2) is 43.1. The fourth-order valence-electron chi connectivity index (χ4n) is 4.88. The highest BCUT2D eigenvalue weighted by molar-refractivity contribution is 5.35. The second-order valence-corrected chi connectivity index (χ2v) is 12.5. The lowest BCUT2D eigenvalue weighted by Crippen LogP contribution is -2.15. The van der Waals surface area contributed by atoms with Gasteiger partial charge < -0.3 is 56.8 Å². The van der Waals surface area contributed by atoms with Crippen LogP contribution in [0.3, 0.4) is 0 Å². The number of nitro benzene ring substituents is 1. The Hall–Kier alpha value is -2.02. The normalized spacial score (nSPS) is 11.4. The van der Waals surface area contributed by atoms with Crippen molar-refractivity contribution < 1.29 is 61.8 Å². The van der Waals surface area contributed by atoms with E-state index in [-0.39, 0.29) is 5.69 Å². The minimum atomic E-state index is -0.449. The molecule has 1 aromatic carbocycles. The first-order valence-electron chi connectivity index (χ1n) is 20.5. The third kappa shape index (κ3) is 38.6. The van der Waals surface area contributed by atoms with Gasteiger partial charge in [-0.25, -0.2) is 0 Å². The van der Waals surface area contributed by atoms with Gasteiger partial charge >= 0.3 is 0 Å². The number of hydrogen-bond acceptors (Lipinski definition) is 14. The summed E-state index contributed by atoms with van der Waals surface area (Å²) in [5.74, 6) is 0.557. The zero-order valence-electron chi connectivity index (χ0n) is 33.8. The number of nitro groups is 1. The fraction of sp³-hybridized carbons (Fsp3) is 0.850. The molecule has 1 aromatic rings. The van der Waals surface area contributed by atoms with Crippen LogP contribution in [0.15, 0.2) is 24.3 Å². The van der Waals surface area contributed by atoms with Crippen LogP contribution in [0.4, 0.5) is 5.69 Å². The molecule has 0 bridgehead atoms. The predicted molar refractivity (Wildman–Crippen MR) is 209 cm³/mol. The van der Waals surface area contributed by atoms with Crippen molar-refractivity contribution in [2.24, 2.45) is 0 Å². The quantitative estimate of drug-likeness (QED) is 0.0426. The Labute approximate surface area is 330 Å². The van der Waals surface area contributed by atoms with Crippen LogP contribution in [0.1, 0.15) is 71.1 Å². The molecule has 322 valence electrons. The third-order valence-electron chi connectivity index (χ3n) is 7.91. The van der Waals surface area contributed by atoms with Gasteiger partial charge in [0.05, 0.1) is 144 Å². The van der Waals surface area contributed by atoms with Crippen LogP contribution < -0.4 is 4.74 Å². The monoisotopic (exact) mass is 792 g/mol. The number of unbranched alkanes of at least 4 members (excludes halogenated alkanes) is 9. The fourth-order valence-corrected chi connectivity index (χ4v) is 4.88. The lowest BCUT2D eigenvalue weighted by Gasteiger charge is -2.09. The summed E-state index contributed by atoms with van der Waals surface area (Å²) in [4.78, 5) is 10.2. The summed E-state index contributed by atoms with van der Waals surface area (Å²) in [6.45, 7) is 14.0. The SMILES string of the molecule is CCCCCCCCCCCCOCCOCCOCCOCCOCCOCCOCCOCCOCCOCCOCCOc1ccc([N+](=O)[O-])cc1. The Morgan fingerprint density at radius 3 is 0.909 bits per heavy atom. The van der Waals surface area contributed by atoms with Gasteiger partial charge in [-0.3, -0.25) is 10.1 Å². The molecular weight excluding hydrogens is 718 g/mol. The van der Waals surface area contributed by atoms with Crippen LogP contribution in [0.2, 0.25) is 0 Å². The van der Waals surface area contributed by atoms with E-state index in [1.807, 2.05) is 0 Å². The summed E-state index contributed by atoms with van der Waals surface area (Å²) in [6.07, 6.45) is 13.4. The molecule has 0 heterocycles. The van der Waals surface area contributed by atoms with Crippen molar-refractivity contribution in [3.63, 3.8) is 0 Å². The molecule has 0 spiro atoms. The van der Waals surface area contributed by atoms with E-state index in [9.17, 15) is 10.1 Å². The molecule has 0 amide bonds. The molecule has 15 nitrogen and oxygen atoms in total. The van der Waals surface area contributed by atoms with Gasteiger partial charge in [0.25, 0.3) is 5.69 Å². The number of rotatable bonds is 46. The van der Waals surface area contributed by atoms with Crippen LogP contribution in [-0.4, -0.2) is 157 Å². The summed E-state index contributed by atoms with van der Waals surface area (Å²) >= 11 is 0. The third-order valence-corrected chi connectivity index (χ3v) is 7.91. The molecule has 1 rings (SSSR count). The van der Waals surface area contributed by atoms with Crippen molar-refractivity contribution in [2.45, 2.75) is 71.1 Å². The van der Waals surface area contributed by atoms with E-state index in [1.165, 1.54) is 69.9 Å². The van der Waals surface area contributed by atoms with Crippen molar-refractivity contribution in [3.8, 4) is 5.75 Å². The van der Waals surface area contributed by atoms with Crippen molar-refractivity contribution >= 4 is 5.69 Å². The van der Waals surface area contributed by atoms with Gasteiger partial charge in [0, 0.05) is 18.7 Å². The smallest absolute Gasteiger partial charge is 0.269 e. The molecule has 0 aliphatic heterocycles. The first-order valence-corrected chi connectivity index (χ1v) is 20.5. The zero-order valence-corrected chi connectivity index (χ0v) is 33.8. The van der Waals surface area contributed by atoms with Crippen molar-refractivity contribution in [1.29, 1.82) is 0 Å². The van der Waals surface area contributed by atoms with E-state index in [1.54, 1.807) is 12.1 Å². The molecule has 15 heteroatoms. The zero-order chi connectivity index (χ0) is 39.4. The standard InChI is InChI=1S/C40H73NO14/c1-2-3-4-5-6-7-8-9-10-11-16-44-17-18-45-19-20-46-21-22-47-23-24-48-25-26-49-27-28-50-29-30-51-31-32-52-33-34-53-35-36-54-37-38-55-40-14-12-39(13-15-40)41(42)43/h12-15H,2-11,16-38H2,1H3. The first-order chi connectivity index (χ1) is 27.2. The Morgan fingerprint density at radius 2 is 0.618 bits per heavy atom. The maximum atomic E-state index is 10.7. The van der Waals surface area contributed by atoms with E-state index >= 15 is 0 Å². The Kier molecular flexibility index (Phi) is 40.0. The van der Waals surface area contributed by atoms with Gasteiger partial charge in [-0.05, 0) is 18.6 Å². The van der Waals surface area contributed by atoms with Gasteiger partial charge in [-0.15, -0.1) is 0 Å². The maximum Gasteiger partial charge on any atom is 0.269 e. The molecule has 0 unspecified atom stereocenters. The van der Waals surface area contributed by atoms with Crippen LogP contribution in [-0.2, 0) is 52.1 Å². The van der Waals surface area contributed by atoms with Crippen LogP contribution in [0, 0.1) is 10.1 Å². The van der Waals surface area contributed by atoms with Gasteiger partial charge in [-0.2, -0.15) is 0 Å². The average molecular weight is 792 g/mol. The van der Waals surface area contributed by atoms with Gasteiger partial charge in [0.1, 0.15) is 12.4 Å². The van der Waals surface area contributed by atoms with Crippen LogP contribution in [0.5, 0.6) is 5.75 Å². The van der Waals surface area contributed by atoms with E-state index < -0.39 is 4.92 Å². The minimum absolute atomic E-state index is 0.0268. The van der Waals surface area contributed by atoms with Crippen molar-refractivity contribution in [3.05, 3.63) is 34.4 Å². The second-order valence-electron chi connectivity index (χ2n) is 12.5. The number of non-ortho nitro benzene ring substituents is 1. The Bertz CT molecular complexity index is 914. The average Bonchev–Trinajstić information content (AvgIpc) is 3.19. The summed E-state index contributed by atoms with van der Waals surface area (Å²) in [6, 6.07) is 5.92. The molecular formula is C40H73NO14. The molecule has 0 atom stereocenters. The van der Waals surface area contributed by atoms with E-state index in [0.717, 1.165) is 13.0 Å². The highest BCUT2D eigenvalue weighted by Gasteiger charge is 2.04. The molecule has 0 saturated heterocycles. The van der Waals surface area contributed by atoms with Crippen LogP contribution >= 0.6 is 0 Å². The summed E-state index contributed by atoms with van der Waals surface area (Å²) in [5, 5.41) is 10.7. The van der Waals surface area contributed by atoms with Gasteiger partial charge in [0.2, 0.25) is 0 Å². The Balaban J connectivity index is 1.62.